The summed E-state index contributed by atoms with van der Waals surface area (Å²) in [6.45, 7) is 0.661. The standard InChI is InChI=1S/C26H26ClN3O5/c27-19-9-4-10-20(15-19)30(23(31)17-29-25(32)22-12-6-14-35-22)24(18-7-2-1-3-8-18)26(33)28-16-21-11-5-13-34-21/h1-4,6-10,12,14-15,21,24H,5,11,13,16-17H2,(H,28,33)(H,29,32)/t21-,24-/m1/s1. The molecule has 0 spiro atoms. The first kappa shape index (κ1) is 24.5. The third-order valence-electron chi connectivity index (χ3n) is 5.65. The predicted octanol–water partition coefficient (Wildman–Crippen LogP) is 3.73. The normalized spacial score (nSPS) is 15.9. The van der Waals surface area contributed by atoms with Crippen LogP contribution in [0.25, 0.3) is 0 Å². The van der Waals surface area contributed by atoms with E-state index in [4.69, 9.17) is 20.8 Å². The molecule has 182 valence electrons. The molecule has 1 aliphatic heterocycles. The van der Waals surface area contributed by atoms with E-state index in [0.29, 0.717) is 29.4 Å². The molecule has 3 aromatic rings. The Morgan fingerprint density at radius 2 is 1.86 bits per heavy atom. The van der Waals surface area contributed by atoms with Gasteiger partial charge in [0.2, 0.25) is 11.8 Å². The van der Waals surface area contributed by atoms with Crippen LogP contribution in [0.5, 0.6) is 0 Å². The van der Waals surface area contributed by atoms with Gasteiger partial charge in [-0.3, -0.25) is 19.3 Å². The Bertz CT molecular complexity index is 1150. The zero-order valence-electron chi connectivity index (χ0n) is 19.0. The molecular formula is C26H26ClN3O5. The summed E-state index contributed by atoms with van der Waals surface area (Å²) >= 11 is 6.23. The molecule has 8 nitrogen and oxygen atoms in total. The Morgan fingerprint density at radius 1 is 1.03 bits per heavy atom. The first-order valence-electron chi connectivity index (χ1n) is 11.4. The summed E-state index contributed by atoms with van der Waals surface area (Å²) < 4.78 is 10.7. The largest absolute Gasteiger partial charge is 0.459 e. The number of ether oxygens (including phenoxy) is 1. The van der Waals surface area contributed by atoms with Crippen molar-refractivity contribution in [2.75, 3.05) is 24.6 Å². The lowest BCUT2D eigenvalue weighted by Gasteiger charge is -2.32. The molecule has 0 radical (unpaired) electrons. The van der Waals surface area contributed by atoms with Crippen molar-refractivity contribution in [1.29, 1.82) is 0 Å². The molecule has 1 saturated heterocycles. The fraction of sp³-hybridized carbons (Fsp3) is 0.269. The van der Waals surface area contributed by atoms with Gasteiger partial charge in [-0.25, -0.2) is 0 Å². The SMILES string of the molecule is O=C(NCC(=O)N(c1cccc(Cl)c1)[C@@H](C(=O)NC[C@H]1CCCO1)c1ccccc1)c1ccco1. The highest BCUT2D eigenvalue weighted by Gasteiger charge is 2.33. The van der Waals surface area contributed by atoms with E-state index in [-0.39, 0.29) is 24.3 Å². The number of carbonyl (C=O) groups excluding carboxylic acids is 3. The second kappa shape index (κ2) is 11.7. The minimum atomic E-state index is -0.996. The zero-order chi connectivity index (χ0) is 24.6. The number of hydrogen-bond donors (Lipinski definition) is 2. The van der Waals surface area contributed by atoms with Crippen LogP contribution in [-0.4, -0.2) is 43.5 Å². The molecule has 0 unspecified atom stereocenters. The van der Waals surface area contributed by atoms with Gasteiger partial charge in [0, 0.05) is 23.9 Å². The highest BCUT2D eigenvalue weighted by atomic mass is 35.5. The predicted molar refractivity (Wildman–Crippen MR) is 131 cm³/mol. The number of halogens is 1. The van der Waals surface area contributed by atoms with Gasteiger partial charge in [0.1, 0.15) is 6.04 Å². The average molecular weight is 496 g/mol. The molecule has 2 heterocycles. The van der Waals surface area contributed by atoms with Gasteiger partial charge in [-0.05, 0) is 48.7 Å². The molecule has 1 aliphatic rings. The van der Waals surface area contributed by atoms with Gasteiger partial charge in [-0.1, -0.05) is 48.0 Å². The molecule has 1 fully saturated rings. The Labute approximate surface area is 208 Å². The second-order valence-corrected chi connectivity index (χ2v) is 8.53. The summed E-state index contributed by atoms with van der Waals surface area (Å²) in [5, 5.41) is 5.91. The topological polar surface area (TPSA) is 101 Å². The number of benzene rings is 2. The maximum absolute atomic E-state index is 13.5. The van der Waals surface area contributed by atoms with Gasteiger partial charge in [-0.15, -0.1) is 0 Å². The highest BCUT2D eigenvalue weighted by molar-refractivity contribution is 6.31. The van der Waals surface area contributed by atoms with Crippen molar-refractivity contribution >= 4 is 35.0 Å². The summed E-state index contributed by atoms with van der Waals surface area (Å²) in [7, 11) is 0. The molecule has 1 aromatic heterocycles. The highest BCUT2D eigenvalue weighted by Crippen LogP contribution is 2.30. The van der Waals surface area contributed by atoms with Gasteiger partial charge in [0.25, 0.3) is 5.91 Å². The van der Waals surface area contributed by atoms with Crippen LogP contribution in [0.2, 0.25) is 5.02 Å². The van der Waals surface area contributed by atoms with E-state index in [0.717, 1.165) is 12.8 Å². The van der Waals surface area contributed by atoms with Crippen molar-refractivity contribution in [3.05, 3.63) is 89.3 Å². The van der Waals surface area contributed by atoms with E-state index in [1.54, 1.807) is 54.6 Å². The smallest absolute Gasteiger partial charge is 0.287 e. The van der Waals surface area contributed by atoms with Gasteiger partial charge in [-0.2, -0.15) is 0 Å². The lowest BCUT2D eigenvalue weighted by atomic mass is 10.0. The number of carbonyl (C=O) groups is 3. The van der Waals surface area contributed by atoms with Crippen LogP contribution in [0.15, 0.2) is 77.4 Å². The van der Waals surface area contributed by atoms with Crippen LogP contribution in [0.1, 0.15) is 35.0 Å². The molecule has 3 amide bonds. The van der Waals surface area contributed by atoms with Crippen molar-refractivity contribution in [1.82, 2.24) is 10.6 Å². The quantitative estimate of drug-likeness (QED) is 0.471. The van der Waals surface area contributed by atoms with Crippen LogP contribution in [0.3, 0.4) is 0 Å². The molecule has 0 aliphatic carbocycles. The number of anilines is 1. The van der Waals surface area contributed by atoms with Gasteiger partial charge < -0.3 is 19.8 Å². The molecule has 2 atom stereocenters. The van der Waals surface area contributed by atoms with E-state index in [1.165, 1.54) is 17.2 Å². The maximum Gasteiger partial charge on any atom is 0.287 e. The van der Waals surface area contributed by atoms with Crippen molar-refractivity contribution < 1.29 is 23.5 Å². The Hall–Kier alpha value is -3.62. The van der Waals surface area contributed by atoms with Crippen molar-refractivity contribution in [3.8, 4) is 0 Å². The summed E-state index contributed by atoms with van der Waals surface area (Å²) in [5.41, 5.74) is 1.04. The number of nitrogens with zero attached hydrogens (tertiary/aromatic N) is 1. The molecule has 0 bridgehead atoms. The van der Waals surface area contributed by atoms with Gasteiger partial charge >= 0.3 is 0 Å². The van der Waals surface area contributed by atoms with Crippen LogP contribution in [0.4, 0.5) is 5.69 Å². The minimum absolute atomic E-state index is 0.0571. The Kier molecular flexibility index (Phi) is 8.18. The monoisotopic (exact) mass is 495 g/mol. The molecule has 35 heavy (non-hydrogen) atoms. The fourth-order valence-corrected chi connectivity index (χ4v) is 4.15. The second-order valence-electron chi connectivity index (χ2n) is 8.10. The number of furan rings is 1. The van der Waals surface area contributed by atoms with Crippen LogP contribution in [-0.2, 0) is 14.3 Å². The number of nitrogens with one attached hydrogen (secondary N) is 2. The third-order valence-corrected chi connectivity index (χ3v) is 5.89. The van der Waals surface area contributed by atoms with E-state index in [1.807, 2.05) is 6.07 Å². The summed E-state index contributed by atoms with van der Waals surface area (Å²) in [4.78, 5) is 40.8. The molecule has 2 N–H and O–H groups in total. The average Bonchev–Trinajstić information content (AvgIpc) is 3.59. The van der Waals surface area contributed by atoms with E-state index >= 15 is 0 Å². The molecule has 0 saturated carbocycles. The third kappa shape index (κ3) is 6.29. The lowest BCUT2D eigenvalue weighted by molar-refractivity contribution is -0.126. The molecular weight excluding hydrogens is 470 g/mol. The number of amides is 3. The van der Waals surface area contributed by atoms with Gasteiger partial charge in [0.05, 0.1) is 18.9 Å². The molecule has 2 aromatic carbocycles. The molecule has 9 heteroatoms. The van der Waals surface area contributed by atoms with E-state index in [2.05, 4.69) is 10.6 Å². The minimum Gasteiger partial charge on any atom is -0.459 e. The van der Waals surface area contributed by atoms with Crippen LogP contribution >= 0.6 is 11.6 Å². The molecule has 4 rings (SSSR count). The lowest BCUT2D eigenvalue weighted by Crippen LogP contribution is -2.48. The van der Waals surface area contributed by atoms with E-state index < -0.39 is 17.9 Å². The van der Waals surface area contributed by atoms with E-state index in [9.17, 15) is 14.4 Å². The first-order valence-corrected chi connectivity index (χ1v) is 11.7. The summed E-state index contributed by atoms with van der Waals surface area (Å²) in [6.07, 6.45) is 3.13. The van der Waals surface area contributed by atoms with Crippen LogP contribution < -0.4 is 15.5 Å². The fourth-order valence-electron chi connectivity index (χ4n) is 3.97. The van der Waals surface area contributed by atoms with Crippen molar-refractivity contribution in [2.24, 2.45) is 0 Å². The maximum atomic E-state index is 13.5. The summed E-state index contributed by atoms with van der Waals surface area (Å²) in [5.74, 6) is -1.31. The van der Waals surface area contributed by atoms with Crippen LogP contribution in [0, 0.1) is 0 Å². The van der Waals surface area contributed by atoms with Crippen molar-refractivity contribution in [3.63, 3.8) is 0 Å². The summed E-state index contributed by atoms with van der Waals surface area (Å²) in [6, 6.07) is 17.8. The van der Waals surface area contributed by atoms with Gasteiger partial charge in [0.15, 0.2) is 5.76 Å². The number of rotatable bonds is 9. The van der Waals surface area contributed by atoms with Crippen molar-refractivity contribution in [2.45, 2.75) is 25.0 Å². The zero-order valence-corrected chi connectivity index (χ0v) is 19.7. The first-order chi connectivity index (χ1) is 17.0. The Balaban J connectivity index is 1.63. The Morgan fingerprint density at radius 3 is 2.54 bits per heavy atom. The number of hydrogen-bond acceptors (Lipinski definition) is 5.